The van der Waals surface area contributed by atoms with Gasteiger partial charge in [-0.2, -0.15) is 0 Å². The van der Waals surface area contributed by atoms with E-state index in [1.807, 2.05) is 4.90 Å². The van der Waals surface area contributed by atoms with E-state index in [1.165, 1.54) is 18.9 Å². The van der Waals surface area contributed by atoms with Crippen LogP contribution < -0.4 is 4.74 Å². The number of rotatable bonds is 3. The number of likely N-dealkylation sites (tertiary alicyclic amines) is 1. The highest BCUT2D eigenvalue weighted by atomic mass is 79.9. The van der Waals surface area contributed by atoms with Crippen molar-refractivity contribution in [2.45, 2.75) is 38.7 Å². The summed E-state index contributed by atoms with van der Waals surface area (Å²) < 4.78 is 19.4. The number of benzene rings is 1. The molecule has 0 N–H and O–H groups in total. The first kappa shape index (κ1) is 15.3. The Morgan fingerprint density at radius 3 is 2.55 bits per heavy atom. The minimum atomic E-state index is -0.589. The van der Waals surface area contributed by atoms with Crippen molar-refractivity contribution in [1.82, 2.24) is 4.90 Å². The van der Waals surface area contributed by atoms with Crippen LogP contribution in [-0.4, -0.2) is 30.0 Å². The highest BCUT2D eigenvalue weighted by molar-refractivity contribution is 9.10. The molecule has 0 saturated carbocycles. The lowest BCUT2D eigenvalue weighted by Gasteiger charge is -2.24. The summed E-state index contributed by atoms with van der Waals surface area (Å²) in [6.07, 6.45) is 3.86. The Morgan fingerprint density at radius 2 is 1.95 bits per heavy atom. The lowest BCUT2D eigenvalue weighted by atomic mass is 10.2. The van der Waals surface area contributed by atoms with Crippen molar-refractivity contribution < 1.29 is 13.9 Å². The number of amides is 1. The summed E-state index contributed by atoms with van der Waals surface area (Å²) in [7, 11) is 0. The summed E-state index contributed by atoms with van der Waals surface area (Å²) in [4.78, 5) is 14.2. The van der Waals surface area contributed by atoms with Gasteiger partial charge in [0.15, 0.2) is 6.10 Å². The van der Waals surface area contributed by atoms with Crippen LogP contribution in [0.5, 0.6) is 5.75 Å². The van der Waals surface area contributed by atoms with Crippen LogP contribution in [0.3, 0.4) is 0 Å². The van der Waals surface area contributed by atoms with Gasteiger partial charge in [0.05, 0.1) is 4.47 Å². The van der Waals surface area contributed by atoms with Crippen molar-refractivity contribution in [1.29, 1.82) is 0 Å². The van der Waals surface area contributed by atoms with Gasteiger partial charge in [-0.05, 0) is 47.8 Å². The maximum absolute atomic E-state index is 13.4. The van der Waals surface area contributed by atoms with E-state index in [0.717, 1.165) is 25.9 Å². The van der Waals surface area contributed by atoms with Crippen LogP contribution in [-0.2, 0) is 4.79 Å². The van der Waals surface area contributed by atoms with E-state index in [4.69, 9.17) is 4.74 Å². The molecule has 0 bridgehead atoms. The molecule has 110 valence electrons. The molecule has 2 rings (SSSR count). The molecule has 1 aliphatic rings. The molecule has 1 aromatic rings. The molecular formula is C15H19BrFNO2. The standard InChI is InChI=1S/C15H19BrFNO2/c1-11(15(19)18-8-4-2-3-5-9-18)20-12-6-7-13(16)14(17)10-12/h6-7,10-11H,2-5,8-9H2,1H3. The van der Waals surface area contributed by atoms with Crippen LogP contribution in [0.25, 0.3) is 0 Å². The largest absolute Gasteiger partial charge is 0.481 e. The number of hydrogen-bond donors (Lipinski definition) is 0. The third-order valence-electron chi connectivity index (χ3n) is 3.47. The van der Waals surface area contributed by atoms with Gasteiger partial charge < -0.3 is 9.64 Å². The third-order valence-corrected chi connectivity index (χ3v) is 4.11. The smallest absolute Gasteiger partial charge is 0.263 e. The number of halogens is 2. The number of ether oxygens (including phenoxy) is 1. The lowest BCUT2D eigenvalue weighted by Crippen LogP contribution is -2.41. The molecule has 1 aromatic carbocycles. The number of nitrogens with zero attached hydrogens (tertiary/aromatic N) is 1. The molecular weight excluding hydrogens is 325 g/mol. The highest BCUT2D eigenvalue weighted by Crippen LogP contribution is 2.22. The molecule has 1 saturated heterocycles. The minimum Gasteiger partial charge on any atom is -0.481 e. The summed E-state index contributed by atoms with van der Waals surface area (Å²) in [5.41, 5.74) is 0. The topological polar surface area (TPSA) is 29.5 Å². The van der Waals surface area contributed by atoms with E-state index in [-0.39, 0.29) is 5.91 Å². The van der Waals surface area contributed by atoms with Crippen LogP contribution in [0.15, 0.2) is 22.7 Å². The van der Waals surface area contributed by atoms with Gasteiger partial charge in [-0.1, -0.05) is 12.8 Å². The predicted molar refractivity (Wildman–Crippen MR) is 79.2 cm³/mol. The second kappa shape index (κ2) is 7.07. The van der Waals surface area contributed by atoms with Gasteiger partial charge in [0.2, 0.25) is 0 Å². The van der Waals surface area contributed by atoms with Crippen molar-refractivity contribution in [3.05, 3.63) is 28.5 Å². The molecule has 1 unspecified atom stereocenters. The van der Waals surface area contributed by atoms with Crippen LogP contribution in [0.1, 0.15) is 32.6 Å². The van der Waals surface area contributed by atoms with E-state index >= 15 is 0 Å². The van der Waals surface area contributed by atoms with Gasteiger partial charge >= 0.3 is 0 Å². The normalized spacial score (nSPS) is 17.4. The van der Waals surface area contributed by atoms with Gasteiger partial charge in [0.25, 0.3) is 5.91 Å². The number of carbonyl (C=O) groups is 1. The third kappa shape index (κ3) is 3.95. The molecule has 1 fully saturated rings. The van der Waals surface area contributed by atoms with Gasteiger partial charge in [-0.15, -0.1) is 0 Å². The van der Waals surface area contributed by atoms with Crippen molar-refractivity contribution >= 4 is 21.8 Å². The van der Waals surface area contributed by atoms with Gasteiger partial charge in [-0.25, -0.2) is 4.39 Å². The fourth-order valence-electron chi connectivity index (χ4n) is 2.35. The fraction of sp³-hybridized carbons (Fsp3) is 0.533. The van der Waals surface area contributed by atoms with Gasteiger partial charge in [0.1, 0.15) is 11.6 Å². The average molecular weight is 344 g/mol. The Labute approximate surface area is 127 Å². The molecule has 0 aromatic heterocycles. The van der Waals surface area contributed by atoms with Crippen molar-refractivity contribution in [3.63, 3.8) is 0 Å². The van der Waals surface area contributed by atoms with Crippen LogP contribution in [0.4, 0.5) is 4.39 Å². The Hall–Kier alpha value is -1.10. The van der Waals surface area contributed by atoms with Gasteiger partial charge in [-0.3, -0.25) is 4.79 Å². The summed E-state index contributed by atoms with van der Waals surface area (Å²) in [5, 5.41) is 0. The fourth-order valence-corrected chi connectivity index (χ4v) is 2.60. The van der Waals surface area contributed by atoms with Crippen molar-refractivity contribution in [2.24, 2.45) is 0 Å². The second-order valence-electron chi connectivity index (χ2n) is 5.08. The molecule has 1 atom stereocenters. The maximum Gasteiger partial charge on any atom is 0.263 e. The zero-order valence-corrected chi connectivity index (χ0v) is 13.2. The van der Waals surface area contributed by atoms with E-state index in [0.29, 0.717) is 10.2 Å². The van der Waals surface area contributed by atoms with E-state index in [9.17, 15) is 9.18 Å². The molecule has 1 heterocycles. The molecule has 20 heavy (non-hydrogen) atoms. The first-order valence-corrected chi connectivity index (χ1v) is 7.78. The highest BCUT2D eigenvalue weighted by Gasteiger charge is 2.22. The second-order valence-corrected chi connectivity index (χ2v) is 5.93. The molecule has 3 nitrogen and oxygen atoms in total. The van der Waals surface area contributed by atoms with Gasteiger partial charge in [0, 0.05) is 19.2 Å². The van der Waals surface area contributed by atoms with Crippen molar-refractivity contribution in [3.8, 4) is 5.75 Å². The van der Waals surface area contributed by atoms with Crippen molar-refractivity contribution in [2.75, 3.05) is 13.1 Å². The summed E-state index contributed by atoms with van der Waals surface area (Å²) >= 11 is 3.09. The zero-order chi connectivity index (χ0) is 14.5. The van der Waals surface area contributed by atoms with Crippen LogP contribution in [0.2, 0.25) is 0 Å². The average Bonchev–Trinajstić information content (AvgIpc) is 2.71. The summed E-state index contributed by atoms with van der Waals surface area (Å²) in [6, 6.07) is 4.52. The van der Waals surface area contributed by atoms with Crippen LogP contribution >= 0.6 is 15.9 Å². The Morgan fingerprint density at radius 1 is 1.30 bits per heavy atom. The van der Waals surface area contributed by atoms with Crippen LogP contribution in [0, 0.1) is 5.82 Å². The van der Waals surface area contributed by atoms with E-state index in [2.05, 4.69) is 15.9 Å². The maximum atomic E-state index is 13.4. The zero-order valence-electron chi connectivity index (χ0n) is 11.6. The number of hydrogen-bond acceptors (Lipinski definition) is 2. The lowest BCUT2D eigenvalue weighted by molar-refractivity contribution is -0.137. The summed E-state index contributed by atoms with van der Waals surface area (Å²) in [6.45, 7) is 3.30. The Bertz CT molecular complexity index is 473. The summed E-state index contributed by atoms with van der Waals surface area (Å²) in [5.74, 6) is -0.0338. The quantitative estimate of drug-likeness (QED) is 0.836. The first-order valence-electron chi connectivity index (χ1n) is 6.98. The predicted octanol–water partition coefficient (Wildman–Crippen LogP) is 3.76. The van der Waals surface area contributed by atoms with E-state index in [1.54, 1.807) is 19.1 Å². The first-order chi connectivity index (χ1) is 9.58. The monoisotopic (exact) mass is 343 g/mol. The van der Waals surface area contributed by atoms with E-state index < -0.39 is 11.9 Å². The molecule has 1 aliphatic heterocycles. The SMILES string of the molecule is CC(Oc1ccc(Br)c(F)c1)C(=O)N1CCCCCC1. The molecule has 0 spiro atoms. The Balaban J connectivity index is 1.97. The Kier molecular flexibility index (Phi) is 5.40. The molecule has 0 aliphatic carbocycles. The minimum absolute atomic E-state index is 0.0183. The molecule has 1 amide bonds. The molecule has 0 radical (unpaired) electrons. The molecule has 5 heteroatoms. The number of carbonyl (C=O) groups excluding carboxylic acids is 1.